The molecular weight excluding hydrogens is 413 g/mol. The highest BCUT2D eigenvalue weighted by molar-refractivity contribution is 7.19. The van der Waals surface area contributed by atoms with Crippen LogP contribution in [-0.2, 0) is 0 Å². The van der Waals surface area contributed by atoms with E-state index in [-0.39, 0.29) is 5.75 Å². The largest absolute Gasteiger partial charge is 0.453 e. The molecule has 0 saturated carbocycles. The number of nitrogens with zero attached hydrogens (tertiary/aromatic N) is 3. The topological polar surface area (TPSA) is 78.5 Å². The van der Waals surface area contributed by atoms with Gasteiger partial charge in [-0.25, -0.2) is 4.39 Å². The first-order valence-electron chi connectivity index (χ1n) is 9.95. The number of anilines is 1. The summed E-state index contributed by atoms with van der Waals surface area (Å²) in [7, 11) is 4.01. The van der Waals surface area contributed by atoms with Crippen molar-refractivity contribution in [1.29, 1.82) is 5.41 Å². The molecule has 0 aliphatic rings. The second-order valence-corrected chi connectivity index (χ2v) is 7.78. The Hall–Kier alpha value is -2.97. The third-order valence-electron chi connectivity index (χ3n) is 3.88. The zero-order chi connectivity index (χ0) is 23.4. The van der Waals surface area contributed by atoms with Gasteiger partial charge in [-0.05, 0) is 45.4 Å². The number of aromatic nitrogens is 1. The summed E-state index contributed by atoms with van der Waals surface area (Å²) in [6.07, 6.45) is 4.58. The number of thiophene rings is 1. The van der Waals surface area contributed by atoms with Crippen LogP contribution in [0, 0.1) is 18.2 Å². The van der Waals surface area contributed by atoms with Gasteiger partial charge < -0.3 is 20.3 Å². The summed E-state index contributed by atoms with van der Waals surface area (Å²) in [4.78, 5) is 9.20. The van der Waals surface area contributed by atoms with E-state index in [0.29, 0.717) is 11.4 Å². The number of nitrogens with two attached hydrogens (primary N) is 1. The van der Waals surface area contributed by atoms with Crippen molar-refractivity contribution in [3.8, 4) is 11.5 Å². The Morgan fingerprint density at radius 2 is 1.90 bits per heavy atom. The fourth-order valence-electron chi connectivity index (χ4n) is 2.36. The fourth-order valence-corrected chi connectivity index (χ4v) is 3.28. The number of halogens is 1. The average Bonchev–Trinajstić information content (AvgIpc) is 3.14. The molecule has 3 rings (SSSR count). The van der Waals surface area contributed by atoms with Crippen molar-refractivity contribution in [3.05, 3.63) is 60.0 Å². The number of fused-ring (bicyclic) bond motifs is 1. The Morgan fingerprint density at radius 1 is 1.19 bits per heavy atom. The van der Waals surface area contributed by atoms with Crippen LogP contribution in [-0.4, -0.2) is 48.3 Å². The van der Waals surface area contributed by atoms with Gasteiger partial charge in [-0.1, -0.05) is 20.4 Å². The Morgan fingerprint density at radius 3 is 2.48 bits per heavy atom. The summed E-state index contributed by atoms with van der Waals surface area (Å²) < 4.78 is 20.3. The van der Waals surface area contributed by atoms with Crippen molar-refractivity contribution >= 4 is 33.6 Å². The van der Waals surface area contributed by atoms with E-state index < -0.39 is 5.82 Å². The van der Waals surface area contributed by atoms with Gasteiger partial charge >= 0.3 is 0 Å². The number of likely N-dealkylation sites (N-methyl/N-ethyl adjacent to an activating group) is 1. The molecule has 0 bridgehead atoms. The molecule has 6 nitrogen and oxygen atoms in total. The van der Waals surface area contributed by atoms with Crippen molar-refractivity contribution in [3.63, 3.8) is 0 Å². The molecule has 0 fully saturated rings. The predicted molar refractivity (Wildman–Crippen MR) is 131 cm³/mol. The minimum absolute atomic E-state index is 0.160. The van der Waals surface area contributed by atoms with Gasteiger partial charge in [-0.3, -0.25) is 10.4 Å². The maximum atomic E-state index is 13.7. The molecule has 0 amide bonds. The summed E-state index contributed by atoms with van der Waals surface area (Å²) in [5, 5.41) is 6.92. The molecule has 8 heteroatoms. The molecule has 0 aliphatic carbocycles. The number of nitrogens with one attached hydrogen (secondary N) is 1. The van der Waals surface area contributed by atoms with E-state index in [0.717, 1.165) is 28.2 Å². The van der Waals surface area contributed by atoms with Gasteiger partial charge in [0, 0.05) is 42.0 Å². The highest BCUT2D eigenvalue weighted by Gasteiger charge is 2.10. The second-order valence-electron chi connectivity index (χ2n) is 6.53. The predicted octanol–water partition coefficient (Wildman–Crippen LogP) is 5.75. The number of pyridine rings is 1. The molecule has 3 N–H and O–H groups in total. The summed E-state index contributed by atoms with van der Waals surface area (Å²) in [5.74, 6) is 0.290. The number of aryl methyl sites for hydroxylation is 1. The first-order valence-corrected chi connectivity index (χ1v) is 10.8. The van der Waals surface area contributed by atoms with Gasteiger partial charge in [0.15, 0.2) is 11.6 Å². The highest BCUT2D eigenvalue weighted by atomic mass is 32.1. The Balaban J connectivity index is 0.000000343. The van der Waals surface area contributed by atoms with E-state index in [1.807, 2.05) is 40.9 Å². The fraction of sp³-hybridized carbons (Fsp3) is 0.304. The summed E-state index contributed by atoms with van der Waals surface area (Å²) in [6.45, 7) is 11.3. The molecule has 0 aliphatic heterocycles. The molecule has 0 saturated heterocycles. The van der Waals surface area contributed by atoms with Crippen LogP contribution in [0.5, 0.6) is 11.5 Å². The number of hydrogen-bond donors (Lipinski definition) is 2. The molecule has 2 aromatic heterocycles. The SMILES string of the molecule is C=CN(C=N)CCN(C)C.CC.Cc1cc2nccc(Oc3ccc(N)cc3F)c2s1. The Bertz CT molecular complexity index is 966. The molecule has 2 heterocycles. The molecule has 0 spiro atoms. The highest BCUT2D eigenvalue weighted by Crippen LogP contribution is 2.35. The van der Waals surface area contributed by atoms with Gasteiger partial charge in [0.05, 0.1) is 16.6 Å². The normalized spacial score (nSPS) is 9.90. The lowest BCUT2D eigenvalue weighted by Crippen LogP contribution is -2.26. The molecule has 1 aromatic carbocycles. The van der Waals surface area contributed by atoms with Crippen molar-refractivity contribution in [2.24, 2.45) is 0 Å². The van der Waals surface area contributed by atoms with Crippen LogP contribution in [0.25, 0.3) is 10.2 Å². The number of rotatable bonds is 7. The number of hydrogen-bond acceptors (Lipinski definition) is 6. The first kappa shape index (κ1) is 26.1. The van der Waals surface area contributed by atoms with E-state index in [2.05, 4.69) is 16.5 Å². The summed E-state index contributed by atoms with van der Waals surface area (Å²) >= 11 is 1.57. The first-order chi connectivity index (χ1) is 14.8. The van der Waals surface area contributed by atoms with E-state index >= 15 is 0 Å². The lowest BCUT2D eigenvalue weighted by atomic mass is 10.3. The third-order valence-corrected chi connectivity index (χ3v) is 4.93. The van der Waals surface area contributed by atoms with Gasteiger partial charge in [-0.15, -0.1) is 11.3 Å². The maximum absolute atomic E-state index is 13.7. The number of nitrogen functional groups attached to an aromatic ring is 1. The molecule has 0 unspecified atom stereocenters. The van der Waals surface area contributed by atoms with Gasteiger partial charge in [0.25, 0.3) is 0 Å². The average molecular weight is 446 g/mol. The second kappa shape index (κ2) is 13.4. The lowest BCUT2D eigenvalue weighted by Gasteiger charge is -2.16. The molecule has 3 aromatic rings. The van der Waals surface area contributed by atoms with Crippen LogP contribution >= 0.6 is 11.3 Å². The van der Waals surface area contributed by atoms with Crippen LogP contribution < -0.4 is 10.5 Å². The smallest absolute Gasteiger partial charge is 0.167 e. The maximum Gasteiger partial charge on any atom is 0.167 e. The Labute approximate surface area is 188 Å². The minimum Gasteiger partial charge on any atom is -0.453 e. The Kier molecular flexibility index (Phi) is 11.2. The third kappa shape index (κ3) is 8.35. The van der Waals surface area contributed by atoms with E-state index in [4.69, 9.17) is 15.9 Å². The van der Waals surface area contributed by atoms with Crippen LogP contribution in [0.4, 0.5) is 10.1 Å². The van der Waals surface area contributed by atoms with E-state index in [1.54, 1.807) is 40.8 Å². The molecule has 168 valence electrons. The minimum atomic E-state index is -0.474. The van der Waals surface area contributed by atoms with Crippen LogP contribution in [0.3, 0.4) is 0 Å². The van der Waals surface area contributed by atoms with Gasteiger partial charge in [-0.2, -0.15) is 0 Å². The molecule has 0 radical (unpaired) electrons. The van der Waals surface area contributed by atoms with Gasteiger partial charge in [0.2, 0.25) is 0 Å². The van der Waals surface area contributed by atoms with Gasteiger partial charge in [0.1, 0.15) is 5.75 Å². The van der Waals surface area contributed by atoms with Crippen molar-refractivity contribution in [1.82, 2.24) is 14.8 Å². The quantitative estimate of drug-likeness (QED) is 0.275. The van der Waals surface area contributed by atoms with E-state index in [9.17, 15) is 4.39 Å². The molecule has 31 heavy (non-hydrogen) atoms. The summed E-state index contributed by atoms with van der Waals surface area (Å²) in [6, 6.07) is 8.08. The van der Waals surface area contributed by atoms with Crippen molar-refractivity contribution in [2.45, 2.75) is 20.8 Å². The van der Waals surface area contributed by atoms with Crippen LogP contribution in [0.2, 0.25) is 0 Å². The monoisotopic (exact) mass is 445 g/mol. The standard InChI is InChI=1S/C14H11FN2OS.C7H15N3.C2H6/c1-8-6-11-14(19-8)13(4-5-17-11)18-12-3-2-9(16)7-10(12)15;1-4-10(7-8)6-5-9(2)3;1-2/h2-7H,16H2,1H3;4,7-8H,1,5-6H2,2-3H3;1-2H3. The zero-order valence-corrected chi connectivity index (χ0v) is 19.7. The van der Waals surface area contributed by atoms with Crippen molar-refractivity contribution < 1.29 is 9.13 Å². The van der Waals surface area contributed by atoms with Crippen molar-refractivity contribution in [2.75, 3.05) is 32.9 Å². The molecule has 0 atom stereocenters. The number of ether oxygens (including phenoxy) is 1. The van der Waals surface area contributed by atoms with Crippen LogP contribution in [0.1, 0.15) is 18.7 Å². The molecular formula is C23H32FN5OS. The number of benzene rings is 1. The van der Waals surface area contributed by atoms with E-state index in [1.165, 1.54) is 18.5 Å². The summed E-state index contributed by atoms with van der Waals surface area (Å²) in [5.41, 5.74) is 6.74. The van der Waals surface area contributed by atoms with Crippen LogP contribution in [0.15, 0.2) is 49.3 Å². The lowest BCUT2D eigenvalue weighted by molar-refractivity contribution is 0.372. The zero-order valence-electron chi connectivity index (χ0n) is 18.9.